The van der Waals surface area contributed by atoms with Crippen molar-refractivity contribution in [2.24, 2.45) is 11.8 Å². The van der Waals surface area contributed by atoms with E-state index >= 15 is 0 Å². The first-order valence-corrected chi connectivity index (χ1v) is 11.7. The van der Waals surface area contributed by atoms with Gasteiger partial charge in [0.25, 0.3) is 0 Å². The number of ether oxygens (including phenoxy) is 2. The fourth-order valence-electron chi connectivity index (χ4n) is 5.15. The van der Waals surface area contributed by atoms with E-state index in [0.717, 1.165) is 0 Å². The summed E-state index contributed by atoms with van der Waals surface area (Å²) in [6, 6.07) is 7.33. The van der Waals surface area contributed by atoms with Gasteiger partial charge in [-0.1, -0.05) is 6.07 Å². The monoisotopic (exact) mass is 512 g/mol. The maximum atomic E-state index is 13.1. The number of hydrogen-bond acceptors (Lipinski definition) is 8. The van der Waals surface area contributed by atoms with Crippen molar-refractivity contribution in [3.8, 4) is 17.5 Å². The fourth-order valence-corrected chi connectivity index (χ4v) is 5.15. The number of likely N-dealkylation sites (tertiary alicyclic amines) is 2. The lowest BCUT2D eigenvalue weighted by molar-refractivity contribution is -0.275. The Morgan fingerprint density at radius 2 is 1.64 bits per heavy atom. The molecule has 4 heterocycles. The third-order valence-corrected chi connectivity index (χ3v) is 6.83. The number of benzene rings is 1. The van der Waals surface area contributed by atoms with Crippen molar-refractivity contribution in [2.45, 2.75) is 12.9 Å². The second-order valence-corrected chi connectivity index (χ2v) is 9.26. The van der Waals surface area contributed by atoms with Crippen molar-refractivity contribution >= 4 is 11.8 Å². The molecule has 0 bridgehead atoms. The Morgan fingerprint density at radius 3 is 2.25 bits per heavy atom. The first kappa shape index (κ1) is 24.4. The molecular formula is C23H27F3N4O6. The lowest BCUT2D eigenvalue weighted by atomic mass is 10.0. The van der Waals surface area contributed by atoms with E-state index in [9.17, 15) is 28.2 Å². The molecule has 0 aliphatic carbocycles. The van der Waals surface area contributed by atoms with Crippen molar-refractivity contribution in [1.82, 2.24) is 14.5 Å². The molecule has 196 valence electrons. The zero-order valence-corrected chi connectivity index (χ0v) is 19.4. The van der Waals surface area contributed by atoms with E-state index < -0.39 is 24.2 Å². The van der Waals surface area contributed by atoms with Crippen molar-refractivity contribution in [1.29, 1.82) is 0 Å². The van der Waals surface area contributed by atoms with Crippen LogP contribution in [0.1, 0.15) is 5.56 Å². The Bertz CT molecular complexity index is 1070. The third kappa shape index (κ3) is 5.26. The standard InChI is InChI=1S/C23H27F3N4O6/c24-23(25,26)35-19-9-18(28-5-7-34-8-6-28)2-1-15(19)10-27-11-16-13-29(14-17(16)12-27)22(33)36-30-20(31)3-4-21(30)32/h1-4,9,16-17,31-32H,5-8,10-14H2. The molecule has 1 aromatic carbocycles. The number of carbonyl (C=O) groups is 1. The molecule has 0 spiro atoms. The molecule has 13 heteroatoms. The van der Waals surface area contributed by atoms with Crippen LogP contribution in [0, 0.1) is 11.8 Å². The number of alkyl halides is 3. The van der Waals surface area contributed by atoms with Gasteiger partial charge in [0.1, 0.15) is 5.75 Å². The summed E-state index contributed by atoms with van der Waals surface area (Å²) in [7, 11) is 0. The van der Waals surface area contributed by atoms with Crippen molar-refractivity contribution in [2.75, 3.05) is 57.4 Å². The molecule has 2 N–H and O–H groups in total. The normalized spacial score (nSPS) is 22.6. The van der Waals surface area contributed by atoms with Gasteiger partial charge in [-0.2, -0.15) is 0 Å². The highest BCUT2D eigenvalue weighted by molar-refractivity contribution is 5.68. The van der Waals surface area contributed by atoms with Gasteiger partial charge >= 0.3 is 12.5 Å². The van der Waals surface area contributed by atoms with Crippen LogP contribution in [0.4, 0.5) is 23.7 Å². The number of aromatic hydroxyl groups is 2. The number of rotatable bonds is 5. The van der Waals surface area contributed by atoms with Crippen LogP contribution in [0.3, 0.4) is 0 Å². The van der Waals surface area contributed by atoms with Crippen molar-refractivity contribution in [3.63, 3.8) is 0 Å². The number of fused-ring (bicyclic) bond motifs is 1. The zero-order valence-electron chi connectivity index (χ0n) is 19.4. The van der Waals surface area contributed by atoms with Crippen LogP contribution in [-0.4, -0.2) is 89.7 Å². The maximum Gasteiger partial charge on any atom is 0.573 e. The molecule has 1 aromatic heterocycles. The number of nitrogens with zero attached hydrogens (tertiary/aromatic N) is 4. The van der Waals surface area contributed by atoms with E-state index in [2.05, 4.69) is 9.64 Å². The molecule has 0 radical (unpaired) electrons. The molecule has 3 aliphatic rings. The van der Waals surface area contributed by atoms with E-state index in [1.165, 1.54) is 23.1 Å². The van der Waals surface area contributed by atoms with Gasteiger partial charge in [0.05, 0.1) is 13.2 Å². The van der Waals surface area contributed by atoms with Gasteiger partial charge in [0.15, 0.2) is 0 Å². The number of halogens is 3. The van der Waals surface area contributed by atoms with Gasteiger partial charge in [-0.25, -0.2) is 4.79 Å². The Hall–Kier alpha value is -3.32. The van der Waals surface area contributed by atoms with Crippen molar-refractivity contribution in [3.05, 3.63) is 35.9 Å². The van der Waals surface area contributed by atoms with Crippen LogP contribution in [0.5, 0.6) is 17.5 Å². The third-order valence-electron chi connectivity index (χ3n) is 6.83. The topological polar surface area (TPSA) is 99.9 Å². The smallest absolute Gasteiger partial charge is 0.492 e. The van der Waals surface area contributed by atoms with E-state index in [1.54, 1.807) is 6.07 Å². The molecule has 2 atom stereocenters. The van der Waals surface area contributed by atoms with E-state index in [-0.39, 0.29) is 24.1 Å². The Kier molecular flexibility index (Phi) is 6.51. The Morgan fingerprint density at radius 1 is 1.00 bits per heavy atom. The molecule has 36 heavy (non-hydrogen) atoms. The first-order chi connectivity index (χ1) is 17.2. The van der Waals surface area contributed by atoms with Crippen molar-refractivity contribution < 1.29 is 42.5 Å². The van der Waals surface area contributed by atoms with E-state index in [0.29, 0.717) is 68.5 Å². The average Bonchev–Trinajstić information content (AvgIpc) is 3.49. The predicted molar refractivity (Wildman–Crippen MR) is 120 cm³/mol. The average molecular weight is 512 g/mol. The molecule has 2 unspecified atom stereocenters. The lowest BCUT2D eigenvalue weighted by Crippen LogP contribution is -2.37. The minimum Gasteiger partial charge on any atom is -0.492 e. The molecule has 2 aromatic rings. The summed E-state index contributed by atoms with van der Waals surface area (Å²) in [5.41, 5.74) is 1.10. The summed E-state index contributed by atoms with van der Waals surface area (Å²) in [6.07, 6.45) is -5.50. The quantitative estimate of drug-likeness (QED) is 0.630. The number of aromatic nitrogens is 1. The van der Waals surface area contributed by atoms with E-state index in [4.69, 9.17) is 9.57 Å². The van der Waals surface area contributed by atoms with Gasteiger partial charge in [-0.15, -0.1) is 17.9 Å². The highest BCUT2D eigenvalue weighted by Crippen LogP contribution is 2.36. The maximum absolute atomic E-state index is 13.1. The molecule has 3 aliphatic heterocycles. The minimum absolute atomic E-state index is 0.129. The fraction of sp³-hybridized carbons (Fsp3) is 0.522. The molecule has 0 saturated carbocycles. The van der Waals surface area contributed by atoms with Gasteiger partial charge in [-0.3, -0.25) is 4.90 Å². The summed E-state index contributed by atoms with van der Waals surface area (Å²) in [5, 5.41) is 19.3. The second-order valence-electron chi connectivity index (χ2n) is 9.26. The number of amides is 1. The number of hydrogen-bond donors (Lipinski definition) is 2. The molecule has 5 rings (SSSR count). The lowest BCUT2D eigenvalue weighted by Gasteiger charge is -2.30. The highest BCUT2D eigenvalue weighted by Gasteiger charge is 2.43. The van der Waals surface area contributed by atoms with Gasteiger partial charge in [0.2, 0.25) is 11.8 Å². The van der Waals surface area contributed by atoms with E-state index in [1.807, 2.05) is 11.0 Å². The first-order valence-electron chi connectivity index (χ1n) is 11.7. The zero-order chi connectivity index (χ0) is 25.4. The molecule has 3 fully saturated rings. The second kappa shape index (κ2) is 9.62. The summed E-state index contributed by atoms with van der Waals surface area (Å²) >= 11 is 0. The summed E-state index contributed by atoms with van der Waals surface area (Å²) in [4.78, 5) is 23.1. The summed E-state index contributed by atoms with van der Waals surface area (Å²) < 4.78 is 49.8. The van der Waals surface area contributed by atoms with Crippen LogP contribution in [0.15, 0.2) is 30.3 Å². The van der Waals surface area contributed by atoms with Crippen LogP contribution < -0.4 is 14.5 Å². The largest absolute Gasteiger partial charge is 0.573 e. The van der Waals surface area contributed by atoms with Gasteiger partial charge in [0, 0.05) is 75.3 Å². The number of morpholine rings is 1. The predicted octanol–water partition coefficient (Wildman–Crippen LogP) is 2.25. The summed E-state index contributed by atoms with van der Waals surface area (Å²) in [6.45, 7) is 4.55. The Labute approximate surface area is 204 Å². The molecular weight excluding hydrogens is 485 g/mol. The van der Waals surface area contributed by atoms with Crippen LogP contribution >= 0.6 is 0 Å². The van der Waals surface area contributed by atoms with Crippen LogP contribution in [-0.2, 0) is 11.3 Å². The summed E-state index contributed by atoms with van der Waals surface area (Å²) in [5.74, 6) is -0.751. The minimum atomic E-state index is -4.80. The van der Waals surface area contributed by atoms with Gasteiger partial charge in [-0.05, 0) is 17.9 Å². The SMILES string of the molecule is O=C(On1c(O)ccc1O)N1CC2CN(Cc3ccc(N4CCOCC4)cc3OC(F)(F)F)CC2C1. The highest BCUT2D eigenvalue weighted by atomic mass is 19.4. The Balaban J connectivity index is 1.22. The molecule has 3 saturated heterocycles. The molecule has 10 nitrogen and oxygen atoms in total. The molecule has 1 amide bonds. The van der Waals surface area contributed by atoms with Crippen LogP contribution in [0.2, 0.25) is 0 Å². The van der Waals surface area contributed by atoms with Crippen LogP contribution in [0.25, 0.3) is 0 Å². The number of carbonyl (C=O) groups excluding carboxylic acids is 1. The number of anilines is 1. The van der Waals surface area contributed by atoms with Gasteiger partial charge < -0.3 is 34.3 Å².